The zero-order chi connectivity index (χ0) is 13.9. The third-order valence-electron chi connectivity index (χ3n) is 2.19. The molecule has 0 amide bonds. The monoisotopic (exact) mass is 304 g/mol. The Hall–Kier alpha value is -1.08. The molecule has 0 bridgehead atoms. The summed E-state index contributed by atoms with van der Waals surface area (Å²) in [6.07, 6.45) is 0. The van der Waals surface area contributed by atoms with Gasteiger partial charge >= 0.3 is 7.25 Å². The predicted molar refractivity (Wildman–Crippen MR) is 72.5 cm³/mol. The highest BCUT2D eigenvalue weighted by Gasteiger charge is 2.22. The van der Waals surface area contributed by atoms with E-state index in [1.165, 1.54) is 31.3 Å². The molecule has 0 N–H and O–H groups in total. The van der Waals surface area contributed by atoms with E-state index in [0.717, 1.165) is 0 Å². The van der Waals surface area contributed by atoms with Gasteiger partial charge in [-0.3, -0.25) is 0 Å². The highest BCUT2D eigenvalue weighted by molar-refractivity contribution is 8.00. The van der Waals surface area contributed by atoms with Gasteiger partial charge in [-0.25, -0.2) is 0 Å². The predicted octanol–water partition coefficient (Wildman–Crippen LogP) is 4.68. The third kappa shape index (κ3) is 4.51. The van der Waals surface area contributed by atoms with Gasteiger partial charge in [-0.15, -0.1) is 0 Å². The molecule has 0 fully saturated rings. The molecule has 2 aromatic carbocycles. The van der Waals surface area contributed by atoms with Crippen molar-refractivity contribution in [2.24, 2.45) is 0 Å². The van der Waals surface area contributed by atoms with Crippen LogP contribution >= 0.6 is 11.8 Å². The Labute approximate surface area is 116 Å². The number of rotatable bonds is 0. The van der Waals surface area contributed by atoms with Crippen molar-refractivity contribution in [3.63, 3.8) is 0 Å². The van der Waals surface area contributed by atoms with Gasteiger partial charge in [0, 0.05) is 11.8 Å². The number of halogens is 4. The van der Waals surface area contributed by atoms with Crippen molar-refractivity contribution < 1.29 is 17.3 Å². The Balaban J connectivity index is 0.000000232. The average Bonchev–Trinajstić information content (AvgIpc) is 2.34. The molecule has 7 heteroatoms. The maximum absolute atomic E-state index is 9.75. The van der Waals surface area contributed by atoms with Crippen molar-refractivity contribution in [2.75, 3.05) is 0 Å². The zero-order valence-corrected chi connectivity index (χ0v) is 11.3. The molecular weight excluding hydrogens is 295 g/mol. The molecule has 0 spiro atoms. The van der Waals surface area contributed by atoms with Crippen LogP contribution in [0.2, 0.25) is 0 Å². The molecule has 0 aromatic heterocycles. The second-order valence-corrected chi connectivity index (χ2v) is 5.92. The van der Waals surface area contributed by atoms with Crippen LogP contribution in [0, 0.1) is 0 Å². The summed E-state index contributed by atoms with van der Waals surface area (Å²) in [7, 11) is -6.00. The average molecular weight is 304 g/mol. The van der Waals surface area contributed by atoms with Crippen molar-refractivity contribution >= 4 is 30.8 Å². The van der Waals surface area contributed by atoms with Crippen LogP contribution in [-0.2, 0) is 11.8 Å². The van der Waals surface area contributed by atoms with Gasteiger partial charge in [-0.2, -0.15) is 0 Å². The molecule has 1 aliphatic heterocycles. The van der Waals surface area contributed by atoms with Crippen LogP contribution in [0.25, 0.3) is 0 Å². The van der Waals surface area contributed by atoms with Crippen LogP contribution in [0.3, 0.4) is 0 Å². The molecule has 0 radical (unpaired) electrons. The highest BCUT2D eigenvalue weighted by atomic mass is 32.2. The van der Waals surface area contributed by atoms with E-state index in [2.05, 4.69) is 48.5 Å². The molecule has 0 aliphatic carbocycles. The molecular formula is C12H9BF4S2. The molecule has 0 unspecified atom stereocenters. The lowest BCUT2D eigenvalue weighted by atomic mass is 10.3. The smallest absolute Gasteiger partial charge is 0.418 e. The van der Waals surface area contributed by atoms with Crippen LogP contribution in [0.1, 0.15) is 0 Å². The topological polar surface area (TPSA) is 0 Å². The molecule has 1 heterocycles. The van der Waals surface area contributed by atoms with E-state index >= 15 is 0 Å². The maximum atomic E-state index is 9.75. The molecule has 2 aromatic rings. The first-order valence-corrected chi connectivity index (χ1v) is 7.09. The summed E-state index contributed by atoms with van der Waals surface area (Å²) in [5.74, 6) is 0. The molecule has 100 valence electrons. The standard InChI is InChI=1S/C12H8S2.BF4/c1-2-6-10-9(5-1)13-11-7-3-4-8-12(11)14-10;2-1(3,4)5/h1-8H;/q;-1/p+1. The first kappa shape index (κ1) is 14.3. The minimum Gasteiger partial charge on any atom is -0.418 e. The molecule has 1 aliphatic rings. The minimum absolute atomic E-state index is 1.34. The van der Waals surface area contributed by atoms with Gasteiger partial charge in [-0.05, 0) is 24.3 Å². The number of fused-ring (bicyclic) bond motifs is 2. The van der Waals surface area contributed by atoms with Gasteiger partial charge in [0.25, 0.3) is 0 Å². The van der Waals surface area contributed by atoms with E-state index in [0.29, 0.717) is 0 Å². The van der Waals surface area contributed by atoms with Gasteiger partial charge < -0.3 is 17.3 Å². The SMILES string of the molecule is F[B-](F)(F)F.c1ccc2c(c1)Sc1ccccc1[SH+]2. The van der Waals surface area contributed by atoms with E-state index < -0.39 is 7.25 Å². The molecule has 3 rings (SSSR count). The van der Waals surface area contributed by atoms with Gasteiger partial charge in [0.05, 0.1) is 9.79 Å². The van der Waals surface area contributed by atoms with Crippen molar-refractivity contribution in [3.05, 3.63) is 48.5 Å². The lowest BCUT2D eigenvalue weighted by Gasteiger charge is -2.10. The fraction of sp³-hybridized carbons (Fsp3) is 0. The number of hydrogen-bond donors (Lipinski definition) is 0. The Morgan fingerprint density at radius 1 is 0.737 bits per heavy atom. The largest absolute Gasteiger partial charge is 0.673 e. The highest BCUT2D eigenvalue weighted by Crippen LogP contribution is 2.40. The summed E-state index contributed by atoms with van der Waals surface area (Å²) in [6, 6.07) is 17.2. The summed E-state index contributed by atoms with van der Waals surface area (Å²) in [6.45, 7) is 0. The molecule has 0 saturated heterocycles. The fourth-order valence-electron chi connectivity index (χ4n) is 1.52. The Morgan fingerprint density at radius 2 is 1.11 bits per heavy atom. The normalized spacial score (nSPS) is 12.8. The van der Waals surface area contributed by atoms with Crippen molar-refractivity contribution in [2.45, 2.75) is 19.6 Å². The van der Waals surface area contributed by atoms with E-state index in [1.807, 2.05) is 11.8 Å². The van der Waals surface area contributed by atoms with E-state index in [-0.39, 0.29) is 0 Å². The van der Waals surface area contributed by atoms with Crippen LogP contribution in [0.15, 0.2) is 68.1 Å². The summed E-state index contributed by atoms with van der Waals surface area (Å²) in [5, 5.41) is 0. The summed E-state index contributed by atoms with van der Waals surface area (Å²) in [5.41, 5.74) is 0. The Bertz CT molecular complexity index is 478. The number of benzene rings is 2. The first-order valence-electron chi connectivity index (χ1n) is 5.38. The van der Waals surface area contributed by atoms with Crippen LogP contribution in [0.4, 0.5) is 17.3 Å². The van der Waals surface area contributed by atoms with Gasteiger partial charge in [0.15, 0.2) is 9.79 Å². The second kappa shape index (κ2) is 5.92. The Kier molecular flexibility index (Phi) is 4.47. The summed E-state index contributed by atoms with van der Waals surface area (Å²) >= 11 is 3.22. The van der Waals surface area contributed by atoms with Gasteiger partial charge in [0.1, 0.15) is 0 Å². The van der Waals surface area contributed by atoms with E-state index in [4.69, 9.17) is 0 Å². The quantitative estimate of drug-likeness (QED) is 0.251. The van der Waals surface area contributed by atoms with Crippen molar-refractivity contribution in [1.29, 1.82) is 0 Å². The van der Waals surface area contributed by atoms with Crippen LogP contribution < -0.4 is 0 Å². The molecule has 19 heavy (non-hydrogen) atoms. The molecule has 0 nitrogen and oxygen atoms in total. The zero-order valence-electron chi connectivity index (χ0n) is 9.56. The minimum atomic E-state index is -6.00. The molecule has 0 saturated carbocycles. The third-order valence-corrected chi connectivity index (χ3v) is 4.91. The van der Waals surface area contributed by atoms with Gasteiger partial charge in [0.2, 0.25) is 0 Å². The lowest BCUT2D eigenvalue weighted by molar-refractivity contribution is 0.368. The van der Waals surface area contributed by atoms with Crippen molar-refractivity contribution in [1.82, 2.24) is 0 Å². The van der Waals surface area contributed by atoms with Crippen LogP contribution in [0.5, 0.6) is 0 Å². The second-order valence-electron chi connectivity index (χ2n) is 3.64. The van der Waals surface area contributed by atoms with Crippen molar-refractivity contribution in [3.8, 4) is 0 Å². The molecule has 0 atom stereocenters. The number of thiol groups is 1. The van der Waals surface area contributed by atoms with E-state index in [9.17, 15) is 17.3 Å². The maximum Gasteiger partial charge on any atom is 0.673 e. The first-order chi connectivity index (χ1) is 8.93. The Morgan fingerprint density at radius 3 is 1.53 bits per heavy atom. The van der Waals surface area contributed by atoms with Crippen LogP contribution in [-0.4, -0.2) is 7.25 Å². The van der Waals surface area contributed by atoms with E-state index in [1.54, 1.807) is 0 Å². The lowest BCUT2D eigenvalue weighted by Crippen LogP contribution is -2.02. The number of hydrogen-bond acceptors (Lipinski definition) is 1. The fourth-order valence-corrected chi connectivity index (χ4v) is 3.89. The summed E-state index contributed by atoms with van der Waals surface area (Å²) in [4.78, 5) is 5.65. The summed E-state index contributed by atoms with van der Waals surface area (Å²) < 4.78 is 39.0. The van der Waals surface area contributed by atoms with Gasteiger partial charge in [-0.1, -0.05) is 36.0 Å².